The van der Waals surface area contributed by atoms with E-state index in [1.54, 1.807) is 0 Å². The predicted molar refractivity (Wildman–Crippen MR) is 83.0 cm³/mol. The summed E-state index contributed by atoms with van der Waals surface area (Å²) >= 11 is 5.89. The van der Waals surface area contributed by atoms with Crippen LogP contribution in [-0.2, 0) is 4.79 Å². The Labute approximate surface area is 125 Å². The average Bonchev–Trinajstić information content (AvgIpc) is 2.87. The van der Waals surface area contributed by atoms with Crippen molar-refractivity contribution in [2.24, 2.45) is 11.7 Å². The molecule has 5 heteroatoms. The molecule has 20 heavy (non-hydrogen) atoms. The van der Waals surface area contributed by atoms with Gasteiger partial charge in [0.2, 0.25) is 5.91 Å². The van der Waals surface area contributed by atoms with Gasteiger partial charge in [0, 0.05) is 29.8 Å². The molecule has 1 aromatic carbocycles. The topological polar surface area (TPSA) is 58.4 Å². The largest absolute Gasteiger partial charge is 0.369 e. The minimum atomic E-state index is -0.431. The van der Waals surface area contributed by atoms with Gasteiger partial charge in [-0.2, -0.15) is 0 Å². The number of carbonyl (C=O) groups is 1. The summed E-state index contributed by atoms with van der Waals surface area (Å²) in [6, 6.07) is 7.52. The van der Waals surface area contributed by atoms with Gasteiger partial charge in [-0.3, -0.25) is 4.79 Å². The summed E-state index contributed by atoms with van der Waals surface area (Å²) in [4.78, 5) is 14.2. The second-order valence-corrected chi connectivity index (χ2v) is 6.12. The highest BCUT2D eigenvalue weighted by molar-refractivity contribution is 6.30. The Morgan fingerprint density at radius 3 is 2.65 bits per heavy atom. The van der Waals surface area contributed by atoms with E-state index in [0.29, 0.717) is 0 Å². The van der Waals surface area contributed by atoms with Gasteiger partial charge >= 0.3 is 0 Å². The van der Waals surface area contributed by atoms with Crippen LogP contribution in [0.5, 0.6) is 0 Å². The first-order chi connectivity index (χ1) is 9.47. The number of benzene rings is 1. The lowest BCUT2D eigenvalue weighted by molar-refractivity contribution is -0.123. The van der Waals surface area contributed by atoms with Gasteiger partial charge in [-0.1, -0.05) is 25.4 Å². The molecule has 4 nitrogen and oxygen atoms in total. The summed E-state index contributed by atoms with van der Waals surface area (Å²) in [5, 5.41) is 3.78. The maximum Gasteiger partial charge on any atom is 0.237 e. The van der Waals surface area contributed by atoms with Crippen LogP contribution in [0.1, 0.15) is 20.3 Å². The number of amides is 1. The number of nitrogens with zero attached hydrogens (tertiary/aromatic N) is 1. The molecule has 0 bridgehead atoms. The third-order valence-electron chi connectivity index (χ3n) is 3.75. The highest BCUT2D eigenvalue weighted by Crippen LogP contribution is 2.22. The summed E-state index contributed by atoms with van der Waals surface area (Å²) < 4.78 is 0. The SMILES string of the molecule is CC(C)[C@H](N)C(=O)NC1CCN(c2ccc(Cl)cc2)C1. The lowest BCUT2D eigenvalue weighted by atomic mass is 10.0. The van der Waals surface area contributed by atoms with E-state index in [1.807, 2.05) is 38.1 Å². The Hall–Kier alpha value is -1.26. The highest BCUT2D eigenvalue weighted by atomic mass is 35.5. The maximum atomic E-state index is 12.0. The van der Waals surface area contributed by atoms with E-state index >= 15 is 0 Å². The molecule has 0 aliphatic carbocycles. The van der Waals surface area contributed by atoms with E-state index in [1.165, 1.54) is 0 Å². The second kappa shape index (κ2) is 6.46. The zero-order chi connectivity index (χ0) is 14.7. The standard InChI is InChI=1S/C15H22ClN3O/c1-10(2)14(17)15(20)18-12-7-8-19(9-12)13-5-3-11(16)4-6-13/h3-6,10,12,14H,7-9,17H2,1-2H3,(H,18,20)/t12?,14-/m0/s1. The smallest absolute Gasteiger partial charge is 0.237 e. The van der Waals surface area contributed by atoms with E-state index in [2.05, 4.69) is 10.2 Å². The molecule has 3 N–H and O–H groups in total. The molecular formula is C15H22ClN3O. The van der Waals surface area contributed by atoms with Gasteiger partial charge in [-0.15, -0.1) is 0 Å². The van der Waals surface area contributed by atoms with E-state index in [0.717, 1.165) is 30.2 Å². The maximum absolute atomic E-state index is 12.0. The summed E-state index contributed by atoms with van der Waals surface area (Å²) in [7, 11) is 0. The summed E-state index contributed by atoms with van der Waals surface area (Å²) in [5.41, 5.74) is 7.00. The van der Waals surface area contributed by atoms with Crippen LogP contribution in [0.25, 0.3) is 0 Å². The molecule has 0 radical (unpaired) electrons. The van der Waals surface area contributed by atoms with Crippen LogP contribution in [0.4, 0.5) is 5.69 Å². The van der Waals surface area contributed by atoms with Crippen LogP contribution in [0, 0.1) is 5.92 Å². The lowest BCUT2D eigenvalue weighted by Gasteiger charge is -2.21. The Morgan fingerprint density at radius 2 is 2.05 bits per heavy atom. The third-order valence-corrected chi connectivity index (χ3v) is 4.00. The lowest BCUT2D eigenvalue weighted by Crippen LogP contribution is -2.48. The number of nitrogens with one attached hydrogen (secondary N) is 1. The molecule has 1 amide bonds. The molecule has 1 saturated heterocycles. The van der Waals surface area contributed by atoms with Gasteiger partial charge in [-0.25, -0.2) is 0 Å². The summed E-state index contributed by atoms with van der Waals surface area (Å²) in [5.74, 6) is 0.103. The molecule has 0 spiro atoms. The molecule has 1 aromatic rings. The van der Waals surface area contributed by atoms with Crippen LogP contribution in [0.2, 0.25) is 5.02 Å². The normalized spacial score (nSPS) is 20.2. The Balaban J connectivity index is 1.89. The van der Waals surface area contributed by atoms with Crippen molar-refractivity contribution in [3.63, 3.8) is 0 Å². The Kier molecular flexibility index (Phi) is 4.89. The zero-order valence-electron chi connectivity index (χ0n) is 12.0. The van der Waals surface area contributed by atoms with Crippen LogP contribution in [0.3, 0.4) is 0 Å². The molecular weight excluding hydrogens is 274 g/mol. The number of nitrogens with two attached hydrogens (primary N) is 1. The molecule has 110 valence electrons. The molecule has 0 aromatic heterocycles. The number of halogens is 1. The minimum absolute atomic E-state index is 0.0528. The average molecular weight is 296 g/mol. The van der Waals surface area contributed by atoms with Crippen molar-refractivity contribution < 1.29 is 4.79 Å². The number of carbonyl (C=O) groups excluding carboxylic acids is 1. The van der Waals surface area contributed by atoms with Gasteiger partial charge in [0.15, 0.2) is 0 Å². The number of hydrogen-bond acceptors (Lipinski definition) is 3. The van der Waals surface area contributed by atoms with Crippen molar-refractivity contribution in [1.29, 1.82) is 0 Å². The van der Waals surface area contributed by atoms with Gasteiger partial charge in [0.25, 0.3) is 0 Å². The fourth-order valence-corrected chi connectivity index (χ4v) is 2.49. The first-order valence-corrected chi connectivity index (χ1v) is 7.41. The molecule has 1 aliphatic heterocycles. The second-order valence-electron chi connectivity index (χ2n) is 5.69. The predicted octanol–water partition coefficient (Wildman–Crippen LogP) is 2.02. The van der Waals surface area contributed by atoms with Crippen molar-refractivity contribution in [3.05, 3.63) is 29.3 Å². The highest BCUT2D eigenvalue weighted by Gasteiger charge is 2.26. The van der Waals surface area contributed by atoms with Crippen molar-refractivity contribution in [3.8, 4) is 0 Å². The van der Waals surface area contributed by atoms with Gasteiger partial charge in [0.1, 0.15) is 0 Å². The first kappa shape index (κ1) is 15.1. The quantitative estimate of drug-likeness (QED) is 0.893. The van der Waals surface area contributed by atoms with Crippen LogP contribution in [-0.4, -0.2) is 31.1 Å². The Morgan fingerprint density at radius 1 is 1.40 bits per heavy atom. The molecule has 0 saturated carbocycles. The van der Waals surface area contributed by atoms with Gasteiger partial charge in [-0.05, 0) is 36.6 Å². The van der Waals surface area contributed by atoms with Crippen LogP contribution < -0.4 is 16.0 Å². The number of rotatable bonds is 4. The zero-order valence-corrected chi connectivity index (χ0v) is 12.7. The minimum Gasteiger partial charge on any atom is -0.369 e. The van der Waals surface area contributed by atoms with Crippen molar-refractivity contribution in [2.75, 3.05) is 18.0 Å². The van der Waals surface area contributed by atoms with Crippen molar-refractivity contribution in [1.82, 2.24) is 5.32 Å². The molecule has 2 rings (SSSR count). The molecule has 1 unspecified atom stereocenters. The van der Waals surface area contributed by atoms with E-state index in [-0.39, 0.29) is 17.9 Å². The third kappa shape index (κ3) is 3.64. The number of hydrogen-bond donors (Lipinski definition) is 2. The first-order valence-electron chi connectivity index (χ1n) is 7.04. The van der Waals surface area contributed by atoms with E-state index in [9.17, 15) is 4.79 Å². The van der Waals surface area contributed by atoms with Crippen LogP contribution >= 0.6 is 11.6 Å². The van der Waals surface area contributed by atoms with Crippen molar-refractivity contribution >= 4 is 23.2 Å². The molecule has 1 fully saturated rings. The molecule has 1 heterocycles. The molecule has 2 atom stereocenters. The summed E-state index contributed by atoms with van der Waals surface area (Å²) in [6.45, 7) is 5.67. The fourth-order valence-electron chi connectivity index (χ4n) is 2.36. The monoisotopic (exact) mass is 295 g/mol. The van der Waals surface area contributed by atoms with E-state index in [4.69, 9.17) is 17.3 Å². The van der Waals surface area contributed by atoms with Gasteiger partial charge < -0.3 is 16.0 Å². The molecule has 1 aliphatic rings. The van der Waals surface area contributed by atoms with Crippen LogP contribution in [0.15, 0.2) is 24.3 Å². The summed E-state index contributed by atoms with van der Waals surface area (Å²) in [6.07, 6.45) is 0.944. The Bertz CT molecular complexity index is 461. The number of anilines is 1. The van der Waals surface area contributed by atoms with Crippen molar-refractivity contribution in [2.45, 2.75) is 32.4 Å². The van der Waals surface area contributed by atoms with E-state index < -0.39 is 6.04 Å². The fraction of sp³-hybridized carbons (Fsp3) is 0.533. The van der Waals surface area contributed by atoms with Gasteiger partial charge in [0.05, 0.1) is 6.04 Å².